The van der Waals surface area contributed by atoms with Gasteiger partial charge in [-0.05, 0) is 25.0 Å². The summed E-state index contributed by atoms with van der Waals surface area (Å²) in [6, 6.07) is 3.90. The van der Waals surface area contributed by atoms with Gasteiger partial charge in [0.15, 0.2) is 0 Å². The number of nitrogens with two attached hydrogens (primary N) is 1. The van der Waals surface area contributed by atoms with Crippen molar-refractivity contribution in [3.63, 3.8) is 0 Å². The number of anilines is 1. The van der Waals surface area contributed by atoms with Crippen LogP contribution in [0.25, 0.3) is 0 Å². The predicted octanol–water partition coefficient (Wildman–Crippen LogP) is 2.10. The van der Waals surface area contributed by atoms with Crippen LogP contribution in [-0.4, -0.2) is 15.7 Å². The van der Waals surface area contributed by atoms with E-state index in [1.165, 1.54) is 12.8 Å². The minimum absolute atomic E-state index is 0.205. The molecule has 0 aliphatic heterocycles. The second-order valence-electron chi connectivity index (χ2n) is 5.09. The summed E-state index contributed by atoms with van der Waals surface area (Å²) in [5, 5.41) is 7.09. The number of carbonyl (C=O) groups is 1. The average molecular weight is 274 g/mol. The van der Waals surface area contributed by atoms with Crippen LogP contribution in [0.1, 0.15) is 48.0 Å². The van der Waals surface area contributed by atoms with Crippen molar-refractivity contribution in [2.45, 2.75) is 38.3 Å². The van der Waals surface area contributed by atoms with Gasteiger partial charge in [-0.1, -0.05) is 12.8 Å². The van der Waals surface area contributed by atoms with E-state index in [9.17, 15) is 4.79 Å². The van der Waals surface area contributed by atoms with Crippen LogP contribution < -0.4 is 11.1 Å². The van der Waals surface area contributed by atoms with E-state index in [0.717, 1.165) is 12.8 Å². The van der Waals surface area contributed by atoms with E-state index in [-0.39, 0.29) is 11.9 Å². The van der Waals surface area contributed by atoms with Crippen molar-refractivity contribution in [1.29, 1.82) is 0 Å². The van der Waals surface area contributed by atoms with Gasteiger partial charge in [-0.3, -0.25) is 9.48 Å². The summed E-state index contributed by atoms with van der Waals surface area (Å²) in [5.74, 6) is 0.507. The smallest absolute Gasteiger partial charge is 0.272 e. The molecule has 0 atom stereocenters. The van der Waals surface area contributed by atoms with Crippen LogP contribution in [0.2, 0.25) is 0 Å². The van der Waals surface area contributed by atoms with Gasteiger partial charge in [0.05, 0.1) is 30.7 Å². The molecule has 0 aromatic carbocycles. The Labute approximate surface area is 116 Å². The van der Waals surface area contributed by atoms with Crippen molar-refractivity contribution < 1.29 is 9.21 Å². The van der Waals surface area contributed by atoms with Crippen LogP contribution in [0.3, 0.4) is 0 Å². The number of carbonyl (C=O) groups excluding carboxylic acids is 1. The number of furan rings is 1. The van der Waals surface area contributed by atoms with E-state index in [4.69, 9.17) is 10.2 Å². The lowest BCUT2D eigenvalue weighted by Gasteiger charge is -2.14. The molecule has 2 heterocycles. The van der Waals surface area contributed by atoms with Crippen LogP contribution in [0.5, 0.6) is 0 Å². The van der Waals surface area contributed by atoms with E-state index in [0.29, 0.717) is 23.7 Å². The summed E-state index contributed by atoms with van der Waals surface area (Å²) in [6.07, 6.45) is 7.60. The number of nitrogens with one attached hydrogen (secondary N) is 1. The minimum atomic E-state index is -0.205. The predicted molar refractivity (Wildman–Crippen MR) is 74.0 cm³/mol. The lowest BCUT2D eigenvalue weighted by atomic mass is 10.2. The maximum atomic E-state index is 12.3. The molecule has 3 N–H and O–H groups in total. The number of hydrogen-bond donors (Lipinski definition) is 2. The first-order chi connectivity index (χ1) is 9.75. The van der Waals surface area contributed by atoms with Crippen LogP contribution in [-0.2, 0) is 6.54 Å². The minimum Gasteiger partial charge on any atom is -0.467 e. The van der Waals surface area contributed by atoms with Gasteiger partial charge in [0.25, 0.3) is 5.91 Å². The van der Waals surface area contributed by atoms with Crippen LogP contribution >= 0.6 is 0 Å². The average Bonchev–Trinajstić information content (AvgIpc) is 3.17. The summed E-state index contributed by atoms with van der Waals surface area (Å²) in [4.78, 5) is 12.3. The topological polar surface area (TPSA) is 86.1 Å². The molecule has 6 heteroatoms. The zero-order chi connectivity index (χ0) is 13.9. The normalized spacial score (nSPS) is 15.6. The van der Waals surface area contributed by atoms with Gasteiger partial charge in [-0.2, -0.15) is 5.10 Å². The largest absolute Gasteiger partial charge is 0.467 e. The first-order valence-electron chi connectivity index (χ1n) is 6.89. The molecule has 3 rings (SSSR count). The standard InChI is InChI=1S/C14H18N4O2/c15-12-9-17-18(10-4-1-2-5-10)13(12)14(19)16-8-11-6-3-7-20-11/h3,6-7,9-10H,1-2,4-5,8,15H2,(H,16,19). The Hall–Kier alpha value is -2.24. The summed E-state index contributed by atoms with van der Waals surface area (Å²) in [7, 11) is 0. The number of aromatic nitrogens is 2. The van der Waals surface area contributed by atoms with Gasteiger partial charge < -0.3 is 15.5 Å². The number of nitrogen functional groups attached to an aromatic ring is 1. The SMILES string of the molecule is Nc1cnn(C2CCCC2)c1C(=O)NCc1ccco1. The molecule has 0 saturated heterocycles. The quantitative estimate of drug-likeness (QED) is 0.894. The molecular weight excluding hydrogens is 256 g/mol. The summed E-state index contributed by atoms with van der Waals surface area (Å²) >= 11 is 0. The molecule has 2 aromatic heterocycles. The van der Waals surface area contributed by atoms with E-state index in [2.05, 4.69) is 10.4 Å². The second kappa shape index (κ2) is 5.40. The number of rotatable bonds is 4. The Morgan fingerprint density at radius 1 is 1.50 bits per heavy atom. The Morgan fingerprint density at radius 3 is 3.00 bits per heavy atom. The molecular formula is C14H18N4O2. The highest BCUT2D eigenvalue weighted by Crippen LogP contribution is 2.31. The Kier molecular flexibility index (Phi) is 3.45. The molecule has 1 amide bonds. The van der Waals surface area contributed by atoms with Crippen LogP contribution in [0.15, 0.2) is 29.0 Å². The Bertz CT molecular complexity index is 582. The molecule has 20 heavy (non-hydrogen) atoms. The van der Waals surface area contributed by atoms with Crippen molar-refractivity contribution in [3.8, 4) is 0 Å². The lowest BCUT2D eigenvalue weighted by molar-refractivity contribution is 0.0935. The molecule has 6 nitrogen and oxygen atoms in total. The number of nitrogens with zero attached hydrogens (tertiary/aromatic N) is 2. The van der Waals surface area contributed by atoms with Crippen molar-refractivity contribution in [1.82, 2.24) is 15.1 Å². The molecule has 0 bridgehead atoms. The third kappa shape index (κ3) is 2.41. The van der Waals surface area contributed by atoms with Gasteiger partial charge in [-0.15, -0.1) is 0 Å². The maximum Gasteiger partial charge on any atom is 0.272 e. The van der Waals surface area contributed by atoms with Gasteiger partial charge in [0, 0.05) is 0 Å². The summed E-state index contributed by atoms with van der Waals surface area (Å²) in [5.41, 5.74) is 6.78. The van der Waals surface area contributed by atoms with E-state index in [1.807, 2.05) is 6.07 Å². The molecule has 1 fully saturated rings. The fourth-order valence-corrected chi connectivity index (χ4v) is 2.70. The molecule has 0 spiro atoms. The second-order valence-corrected chi connectivity index (χ2v) is 5.09. The first-order valence-corrected chi connectivity index (χ1v) is 6.89. The highest BCUT2D eigenvalue weighted by molar-refractivity contribution is 5.97. The van der Waals surface area contributed by atoms with E-state index >= 15 is 0 Å². The Balaban J connectivity index is 1.74. The molecule has 1 saturated carbocycles. The van der Waals surface area contributed by atoms with Gasteiger partial charge in [0.2, 0.25) is 0 Å². The lowest BCUT2D eigenvalue weighted by Crippen LogP contribution is -2.27. The van der Waals surface area contributed by atoms with Crippen LogP contribution in [0.4, 0.5) is 5.69 Å². The monoisotopic (exact) mass is 274 g/mol. The third-order valence-corrected chi connectivity index (χ3v) is 3.71. The molecule has 1 aliphatic carbocycles. The molecule has 0 radical (unpaired) electrons. The van der Waals surface area contributed by atoms with E-state index in [1.54, 1.807) is 23.2 Å². The van der Waals surface area contributed by atoms with Gasteiger partial charge in [-0.25, -0.2) is 0 Å². The molecule has 1 aliphatic rings. The third-order valence-electron chi connectivity index (χ3n) is 3.71. The molecule has 2 aromatic rings. The zero-order valence-corrected chi connectivity index (χ0v) is 11.2. The van der Waals surface area contributed by atoms with Crippen LogP contribution in [0, 0.1) is 0 Å². The van der Waals surface area contributed by atoms with Crippen molar-refractivity contribution >= 4 is 11.6 Å². The first kappa shape index (κ1) is 12.8. The highest BCUT2D eigenvalue weighted by atomic mass is 16.3. The molecule has 0 unspecified atom stereocenters. The number of amides is 1. The zero-order valence-electron chi connectivity index (χ0n) is 11.2. The number of hydrogen-bond acceptors (Lipinski definition) is 4. The van der Waals surface area contributed by atoms with Gasteiger partial charge >= 0.3 is 0 Å². The molecule has 106 valence electrons. The maximum absolute atomic E-state index is 12.3. The Morgan fingerprint density at radius 2 is 2.30 bits per heavy atom. The van der Waals surface area contributed by atoms with E-state index < -0.39 is 0 Å². The summed E-state index contributed by atoms with van der Waals surface area (Å²) in [6.45, 7) is 0.348. The fourth-order valence-electron chi connectivity index (χ4n) is 2.70. The summed E-state index contributed by atoms with van der Waals surface area (Å²) < 4.78 is 6.97. The van der Waals surface area contributed by atoms with Crippen molar-refractivity contribution in [3.05, 3.63) is 36.0 Å². The highest BCUT2D eigenvalue weighted by Gasteiger charge is 2.25. The fraction of sp³-hybridized carbons (Fsp3) is 0.429. The van der Waals surface area contributed by atoms with Crippen molar-refractivity contribution in [2.24, 2.45) is 0 Å². The van der Waals surface area contributed by atoms with Crippen molar-refractivity contribution in [2.75, 3.05) is 5.73 Å². The van der Waals surface area contributed by atoms with Gasteiger partial charge in [0.1, 0.15) is 11.5 Å².